The van der Waals surface area contributed by atoms with Crippen molar-refractivity contribution >= 4 is 0 Å². The highest BCUT2D eigenvalue weighted by Crippen LogP contribution is 2.26. The zero-order valence-electron chi connectivity index (χ0n) is 11.5. The van der Waals surface area contributed by atoms with Crippen molar-refractivity contribution in [2.75, 3.05) is 0 Å². The summed E-state index contributed by atoms with van der Waals surface area (Å²) in [5.74, 6) is 0. The number of nitrogens with one attached hydrogen (secondary N) is 1. The molecule has 0 radical (unpaired) electrons. The molecule has 0 spiro atoms. The van der Waals surface area contributed by atoms with Crippen molar-refractivity contribution in [3.8, 4) is 22.5 Å². The molecule has 3 rings (SSSR count). The number of hydrogen-bond acceptors (Lipinski definition) is 3. The highest BCUT2D eigenvalue weighted by Gasteiger charge is 2.13. The maximum absolute atomic E-state index is 4.37. The van der Waals surface area contributed by atoms with Crippen LogP contribution in [0.15, 0.2) is 18.5 Å². The van der Waals surface area contributed by atoms with Gasteiger partial charge in [-0.2, -0.15) is 15.3 Å². The molecule has 0 aromatic carbocycles. The van der Waals surface area contributed by atoms with Crippen LogP contribution in [0.2, 0.25) is 0 Å². The lowest BCUT2D eigenvalue weighted by Crippen LogP contribution is -1.92. The zero-order chi connectivity index (χ0) is 13.6. The summed E-state index contributed by atoms with van der Waals surface area (Å²) in [6, 6.07) is 2.04. The van der Waals surface area contributed by atoms with Crippen molar-refractivity contribution < 1.29 is 0 Å². The zero-order valence-corrected chi connectivity index (χ0v) is 11.5. The maximum Gasteiger partial charge on any atom is 0.0961 e. The van der Waals surface area contributed by atoms with Gasteiger partial charge in [0.25, 0.3) is 0 Å². The molecule has 6 nitrogen and oxygen atoms in total. The molecule has 0 aliphatic rings. The van der Waals surface area contributed by atoms with E-state index < -0.39 is 0 Å². The van der Waals surface area contributed by atoms with Crippen molar-refractivity contribution in [3.63, 3.8) is 0 Å². The van der Waals surface area contributed by atoms with Crippen molar-refractivity contribution in [2.24, 2.45) is 14.1 Å². The van der Waals surface area contributed by atoms with Crippen LogP contribution in [0.3, 0.4) is 0 Å². The van der Waals surface area contributed by atoms with Crippen LogP contribution in [0, 0.1) is 13.8 Å². The smallest absolute Gasteiger partial charge is 0.0961 e. The van der Waals surface area contributed by atoms with Crippen molar-refractivity contribution in [1.82, 2.24) is 29.8 Å². The van der Waals surface area contributed by atoms with Gasteiger partial charge in [-0.25, -0.2) is 0 Å². The van der Waals surface area contributed by atoms with E-state index in [1.54, 1.807) is 0 Å². The van der Waals surface area contributed by atoms with Crippen molar-refractivity contribution in [3.05, 3.63) is 29.8 Å². The van der Waals surface area contributed by atoms with E-state index in [0.29, 0.717) is 0 Å². The van der Waals surface area contributed by atoms with Crippen LogP contribution in [0.5, 0.6) is 0 Å². The number of aryl methyl sites for hydroxylation is 2. The largest absolute Gasteiger partial charge is 0.277 e. The first-order chi connectivity index (χ1) is 9.08. The lowest BCUT2D eigenvalue weighted by atomic mass is 10.1. The second kappa shape index (κ2) is 4.08. The molecular weight excluding hydrogens is 240 g/mol. The molecule has 6 heteroatoms. The van der Waals surface area contributed by atoms with Gasteiger partial charge in [-0.15, -0.1) is 0 Å². The molecule has 98 valence electrons. The number of hydrogen-bond donors (Lipinski definition) is 1. The van der Waals surface area contributed by atoms with E-state index in [1.807, 2.05) is 55.8 Å². The van der Waals surface area contributed by atoms with Crippen LogP contribution in [0.25, 0.3) is 22.5 Å². The third-order valence-electron chi connectivity index (χ3n) is 3.61. The highest BCUT2D eigenvalue weighted by atomic mass is 15.3. The monoisotopic (exact) mass is 256 g/mol. The maximum atomic E-state index is 4.37. The number of H-pyrrole nitrogens is 1. The first-order valence-corrected chi connectivity index (χ1v) is 6.11. The molecular formula is C13H16N6. The molecule has 0 fully saturated rings. The quantitative estimate of drug-likeness (QED) is 0.760. The molecule has 0 amide bonds. The van der Waals surface area contributed by atoms with E-state index in [0.717, 1.165) is 33.9 Å². The van der Waals surface area contributed by atoms with Gasteiger partial charge in [0, 0.05) is 36.6 Å². The predicted octanol–water partition coefficient (Wildman–Crippen LogP) is 1.83. The number of aromatic nitrogens is 6. The van der Waals surface area contributed by atoms with Gasteiger partial charge in [0.2, 0.25) is 0 Å². The Hall–Kier alpha value is -2.37. The second-order valence-corrected chi connectivity index (χ2v) is 4.70. The van der Waals surface area contributed by atoms with Crippen molar-refractivity contribution in [2.45, 2.75) is 13.8 Å². The lowest BCUT2D eigenvalue weighted by molar-refractivity contribution is 0.740. The van der Waals surface area contributed by atoms with Crippen LogP contribution in [0.4, 0.5) is 0 Å². The van der Waals surface area contributed by atoms with E-state index >= 15 is 0 Å². The molecule has 3 aromatic heterocycles. The summed E-state index contributed by atoms with van der Waals surface area (Å²) in [6.07, 6.45) is 3.69. The minimum Gasteiger partial charge on any atom is -0.277 e. The van der Waals surface area contributed by atoms with Crippen LogP contribution in [-0.2, 0) is 14.1 Å². The third-order valence-corrected chi connectivity index (χ3v) is 3.61. The number of rotatable bonds is 2. The van der Waals surface area contributed by atoms with E-state index in [9.17, 15) is 0 Å². The Morgan fingerprint density at radius 2 is 1.53 bits per heavy atom. The van der Waals surface area contributed by atoms with Gasteiger partial charge in [-0.1, -0.05) is 0 Å². The number of aromatic amines is 1. The van der Waals surface area contributed by atoms with Crippen LogP contribution in [0.1, 0.15) is 11.4 Å². The SMILES string of the molecule is Cc1c(-c2cc(-c3cnn(C)c3C)[nH]n2)cnn1C. The Morgan fingerprint density at radius 3 is 2.05 bits per heavy atom. The fourth-order valence-electron chi connectivity index (χ4n) is 2.11. The van der Waals surface area contributed by atoms with Gasteiger partial charge in [-0.05, 0) is 19.9 Å². The first-order valence-electron chi connectivity index (χ1n) is 6.11. The fraction of sp³-hybridized carbons (Fsp3) is 0.308. The van der Waals surface area contributed by atoms with Crippen LogP contribution in [-0.4, -0.2) is 29.8 Å². The molecule has 0 aliphatic carbocycles. The normalized spacial score (nSPS) is 11.2. The Kier molecular flexibility index (Phi) is 2.51. The Morgan fingerprint density at radius 1 is 0.947 bits per heavy atom. The van der Waals surface area contributed by atoms with Crippen LogP contribution < -0.4 is 0 Å². The molecule has 0 aliphatic heterocycles. The highest BCUT2D eigenvalue weighted by molar-refractivity contribution is 5.69. The van der Waals surface area contributed by atoms with E-state index in [2.05, 4.69) is 20.4 Å². The average molecular weight is 256 g/mol. The minimum absolute atomic E-state index is 0.906. The average Bonchev–Trinajstić information content (AvgIpc) is 3.05. The van der Waals surface area contributed by atoms with Gasteiger partial charge in [0.15, 0.2) is 0 Å². The Labute approximate surface area is 111 Å². The first kappa shape index (κ1) is 11.7. The van der Waals surface area contributed by atoms with Gasteiger partial charge in [-0.3, -0.25) is 14.5 Å². The Balaban J connectivity index is 2.05. The molecule has 1 N–H and O–H groups in total. The summed E-state index contributed by atoms with van der Waals surface area (Å²) in [5, 5.41) is 15.9. The van der Waals surface area contributed by atoms with Gasteiger partial charge in [0.1, 0.15) is 0 Å². The van der Waals surface area contributed by atoms with Crippen LogP contribution >= 0.6 is 0 Å². The standard InChI is InChI=1S/C13H16N6/c1-8-10(6-14-18(8)3)12-5-13(17-16-12)11-7-15-19(4)9(11)2/h5-7H,1-4H3,(H,16,17). The summed E-state index contributed by atoms with van der Waals surface area (Å²) < 4.78 is 3.70. The van der Waals surface area contributed by atoms with Gasteiger partial charge < -0.3 is 0 Å². The molecule has 0 bridgehead atoms. The molecule has 0 atom stereocenters. The molecule has 0 saturated heterocycles. The minimum atomic E-state index is 0.906. The second-order valence-electron chi connectivity index (χ2n) is 4.70. The predicted molar refractivity (Wildman–Crippen MR) is 72.5 cm³/mol. The third kappa shape index (κ3) is 1.76. The Bertz CT molecular complexity index is 669. The number of nitrogens with zero attached hydrogens (tertiary/aromatic N) is 5. The fourth-order valence-corrected chi connectivity index (χ4v) is 2.11. The molecule has 19 heavy (non-hydrogen) atoms. The molecule has 0 saturated carbocycles. The summed E-state index contributed by atoms with van der Waals surface area (Å²) in [7, 11) is 3.86. The topological polar surface area (TPSA) is 64.3 Å². The summed E-state index contributed by atoms with van der Waals surface area (Å²) in [4.78, 5) is 0. The molecule has 3 aromatic rings. The summed E-state index contributed by atoms with van der Waals surface area (Å²) in [6.45, 7) is 4.07. The van der Waals surface area contributed by atoms with Gasteiger partial charge >= 0.3 is 0 Å². The molecule has 0 unspecified atom stereocenters. The van der Waals surface area contributed by atoms with E-state index in [4.69, 9.17) is 0 Å². The lowest BCUT2D eigenvalue weighted by Gasteiger charge is -1.96. The van der Waals surface area contributed by atoms with E-state index in [1.165, 1.54) is 0 Å². The van der Waals surface area contributed by atoms with Gasteiger partial charge in [0.05, 0.1) is 23.8 Å². The summed E-state index contributed by atoms with van der Waals surface area (Å²) in [5.41, 5.74) is 6.21. The summed E-state index contributed by atoms with van der Waals surface area (Å²) >= 11 is 0. The van der Waals surface area contributed by atoms with E-state index in [-0.39, 0.29) is 0 Å². The van der Waals surface area contributed by atoms with Crippen molar-refractivity contribution in [1.29, 1.82) is 0 Å². The molecule has 3 heterocycles.